The van der Waals surface area contributed by atoms with Gasteiger partial charge in [-0.2, -0.15) is 0 Å². The van der Waals surface area contributed by atoms with Crippen LogP contribution in [0.3, 0.4) is 0 Å². The monoisotopic (exact) mass is 475 g/mol. The predicted molar refractivity (Wildman–Crippen MR) is 134 cm³/mol. The zero-order valence-electron chi connectivity index (χ0n) is 20.9. The average Bonchev–Trinajstić information content (AvgIpc) is 2.87. The van der Waals surface area contributed by atoms with Crippen LogP contribution >= 0.6 is 0 Å². The number of carbonyl (C=O) groups excluding carboxylic acids is 2. The first-order valence-corrected chi connectivity index (χ1v) is 12.2. The molecule has 0 bridgehead atoms. The normalized spacial score (nSPS) is 19.7. The van der Waals surface area contributed by atoms with E-state index >= 15 is 0 Å². The lowest BCUT2D eigenvalue weighted by Gasteiger charge is -2.36. The zero-order chi connectivity index (χ0) is 24.9. The Morgan fingerprint density at radius 2 is 1.80 bits per heavy atom. The number of rotatable bonds is 8. The number of nitrogens with one attached hydrogen (secondary N) is 1. The number of benzene rings is 2. The van der Waals surface area contributed by atoms with Crippen molar-refractivity contribution in [2.75, 3.05) is 20.3 Å². The van der Waals surface area contributed by atoms with E-state index in [1.807, 2.05) is 50.2 Å². The second-order valence-electron chi connectivity index (χ2n) is 8.91. The van der Waals surface area contributed by atoms with Crippen LogP contribution in [0.4, 0.5) is 0 Å². The summed E-state index contributed by atoms with van der Waals surface area (Å²) in [5.74, 6) is 0.381. The summed E-state index contributed by atoms with van der Waals surface area (Å²) in [6.45, 7) is 6.52. The van der Waals surface area contributed by atoms with E-state index in [1.54, 1.807) is 14.0 Å². The van der Waals surface area contributed by atoms with Gasteiger partial charge in [0, 0.05) is 29.3 Å². The molecule has 0 unspecified atom stereocenters. The molecule has 0 saturated heterocycles. The first-order chi connectivity index (χ1) is 17.0. The summed E-state index contributed by atoms with van der Waals surface area (Å²) < 4.78 is 16.8. The largest absolute Gasteiger partial charge is 0.493 e. The molecule has 35 heavy (non-hydrogen) atoms. The number of methoxy groups -OCH3 is 1. The van der Waals surface area contributed by atoms with E-state index in [1.165, 1.54) is 0 Å². The molecule has 4 rings (SSSR count). The minimum absolute atomic E-state index is 0.0391. The summed E-state index contributed by atoms with van der Waals surface area (Å²) in [6.07, 6.45) is 1.97. The van der Waals surface area contributed by atoms with Gasteiger partial charge in [0.05, 0.1) is 25.9 Å². The van der Waals surface area contributed by atoms with Crippen LogP contribution in [-0.2, 0) is 14.3 Å². The van der Waals surface area contributed by atoms with Crippen LogP contribution in [0, 0.1) is 0 Å². The van der Waals surface area contributed by atoms with Crippen LogP contribution in [0.5, 0.6) is 11.5 Å². The molecule has 0 spiro atoms. The Kier molecular flexibility index (Phi) is 7.59. The molecule has 6 nitrogen and oxygen atoms in total. The van der Waals surface area contributed by atoms with Gasteiger partial charge in [0.25, 0.3) is 0 Å². The molecule has 1 aliphatic heterocycles. The number of carbonyl (C=O) groups is 2. The van der Waals surface area contributed by atoms with E-state index in [9.17, 15) is 9.59 Å². The lowest BCUT2D eigenvalue weighted by molar-refractivity contribution is -0.138. The molecule has 6 heteroatoms. The van der Waals surface area contributed by atoms with Crippen molar-refractivity contribution >= 4 is 11.8 Å². The molecule has 1 aliphatic carbocycles. The van der Waals surface area contributed by atoms with Gasteiger partial charge in [-0.1, -0.05) is 43.3 Å². The fourth-order valence-electron chi connectivity index (χ4n) is 5.01. The molecule has 0 amide bonds. The first kappa shape index (κ1) is 24.6. The topological polar surface area (TPSA) is 73.9 Å². The Balaban J connectivity index is 1.80. The zero-order valence-corrected chi connectivity index (χ0v) is 20.9. The fraction of sp³-hybridized carbons (Fsp3) is 0.379. The molecule has 0 fully saturated rings. The Morgan fingerprint density at radius 3 is 2.49 bits per heavy atom. The van der Waals surface area contributed by atoms with Crippen LogP contribution in [0.15, 0.2) is 71.1 Å². The molecule has 1 N–H and O–H groups in total. The molecule has 2 aromatic carbocycles. The highest BCUT2D eigenvalue weighted by atomic mass is 16.5. The summed E-state index contributed by atoms with van der Waals surface area (Å²) >= 11 is 0. The van der Waals surface area contributed by atoms with Crippen LogP contribution < -0.4 is 14.8 Å². The SMILES string of the molecule is CCCOc1ccc([C@H]2C(C(=O)OCC)=C(C)NC3=C2C(=O)C[C@H](c2ccccc2)C3)cc1OC. The highest BCUT2D eigenvalue weighted by molar-refractivity contribution is 6.04. The van der Waals surface area contributed by atoms with Crippen LogP contribution in [-0.4, -0.2) is 32.1 Å². The molecular weight excluding hydrogens is 442 g/mol. The summed E-state index contributed by atoms with van der Waals surface area (Å²) in [5.41, 5.74) is 4.61. The van der Waals surface area contributed by atoms with Crippen molar-refractivity contribution in [1.82, 2.24) is 5.32 Å². The Hall–Kier alpha value is -3.54. The molecule has 2 aromatic rings. The average molecular weight is 476 g/mol. The van der Waals surface area contributed by atoms with E-state index in [0.717, 1.165) is 23.2 Å². The van der Waals surface area contributed by atoms with E-state index in [4.69, 9.17) is 14.2 Å². The van der Waals surface area contributed by atoms with Crippen LogP contribution in [0.25, 0.3) is 0 Å². The number of hydrogen-bond donors (Lipinski definition) is 1. The number of esters is 1. The summed E-state index contributed by atoms with van der Waals surface area (Å²) in [5, 5.41) is 3.39. The van der Waals surface area contributed by atoms with Crippen molar-refractivity contribution in [2.24, 2.45) is 0 Å². The van der Waals surface area contributed by atoms with Crippen LogP contribution in [0.1, 0.15) is 63.0 Å². The van der Waals surface area contributed by atoms with Gasteiger partial charge in [-0.15, -0.1) is 0 Å². The van der Waals surface area contributed by atoms with Gasteiger partial charge in [-0.05, 0) is 55.9 Å². The molecule has 2 aliphatic rings. The second-order valence-corrected chi connectivity index (χ2v) is 8.91. The van der Waals surface area contributed by atoms with Crippen molar-refractivity contribution in [2.45, 2.75) is 51.9 Å². The maximum Gasteiger partial charge on any atom is 0.336 e. The number of dihydropyridines is 1. The lowest BCUT2D eigenvalue weighted by Crippen LogP contribution is -2.36. The number of ether oxygens (including phenoxy) is 3. The van der Waals surface area contributed by atoms with Gasteiger partial charge in [0.2, 0.25) is 0 Å². The molecule has 0 aromatic heterocycles. The van der Waals surface area contributed by atoms with Gasteiger partial charge >= 0.3 is 5.97 Å². The molecule has 184 valence electrons. The van der Waals surface area contributed by atoms with Gasteiger partial charge in [0.15, 0.2) is 17.3 Å². The maximum absolute atomic E-state index is 13.7. The number of Topliss-reactive ketones (excluding diaryl/α,β-unsaturated/α-hetero) is 1. The Morgan fingerprint density at radius 1 is 1.03 bits per heavy atom. The van der Waals surface area contributed by atoms with E-state index in [2.05, 4.69) is 17.4 Å². The molecular formula is C29H33NO5. The standard InChI is InChI=1S/C29H33NO5/c1-5-14-35-24-13-12-20(17-25(24)33-4)27-26(29(32)34-6-2)18(3)30-22-15-21(16-23(31)28(22)27)19-10-8-7-9-11-19/h7-13,17,21,27,30H,5-6,14-16H2,1-4H3/t21-,27+/m1/s1. The maximum atomic E-state index is 13.7. The van der Waals surface area contributed by atoms with Crippen molar-refractivity contribution < 1.29 is 23.8 Å². The van der Waals surface area contributed by atoms with E-state index < -0.39 is 11.9 Å². The quantitative estimate of drug-likeness (QED) is 0.515. The fourth-order valence-corrected chi connectivity index (χ4v) is 5.01. The molecule has 2 atom stereocenters. The summed E-state index contributed by atoms with van der Waals surface area (Å²) in [4.78, 5) is 26.8. The molecule has 1 heterocycles. The molecule has 0 saturated carbocycles. The Labute approximate surface area is 207 Å². The van der Waals surface area contributed by atoms with Crippen molar-refractivity contribution in [3.05, 3.63) is 82.2 Å². The smallest absolute Gasteiger partial charge is 0.336 e. The van der Waals surface area contributed by atoms with Crippen molar-refractivity contribution in [3.8, 4) is 11.5 Å². The number of ketones is 1. The number of allylic oxidation sites excluding steroid dienone is 3. The predicted octanol–water partition coefficient (Wildman–Crippen LogP) is 5.41. The molecule has 0 radical (unpaired) electrons. The van der Waals surface area contributed by atoms with Crippen molar-refractivity contribution in [3.63, 3.8) is 0 Å². The highest BCUT2D eigenvalue weighted by Gasteiger charge is 2.41. The summed E-state index contributed by atoms with van der Waals surface area (Å²) in [6, 6.07) is 15.7. The third kappa shape index (κ3) is 4.97. The van der Waals surface area contributed by atoms with Gasteiger partial charge in [-0.25, -0.2) is 4.79 Å². The highest BCUT2D eigenvalue weighted by Crippen LogP contribution is 2.47. The van der Waals surface area contributed by atoms with E-state index in [-0.39, 0.29) is 18.3 Å². The lowest BCUT2D eigenvalue weighted by atomic mass is 9.71. The summed E-state index contributed by atoms with van der Waals surface area (Å²) in [7, 11) is 1.59. The van der Waals surface area contributed by atoms with Crippen LogP contribution in [0.2, 0.25) is 0 Å². The van der Waals surface area contributed by atoms with E-state index in [0.29, 0.717) is 47.8 Å². The van der Waals surface area contributed by atoms with Gasteiger partial charge < -0.3 is 19.5 Å². The number of hydrogen-bond acceptors (Lipinski definition) is 6. The van der Waals surface area contributed by atoms with Gasteiger partial charge in [0.1, 0.15) is 0 Å². The minimum atomic E-state index is -0.538. The second kappa shape index (κ2) is 10.8. The Bertz CT molecular complexity index is 1160. The third-order valence-electron chi connectivity index (χ3n) is 6.58. The first-order valence-electron chi connectivity index (χ1n) is 12.2. The third-order valence-corrected chi connectivity index (χ3v) is 6.58. The van der Waals surface area contributed by atoms with Crippen molar-refractivity contribution in [1.29, 1.82) is 0 Å². The van der Waals surface area contributed by atoms with Gasteiger partial charge in [-0.3, -0.25) is 4.79 Å². The minimum Gasteiger partial charge on any atom is -0.493 e.